The molecular formula is C19H15F2N3O3. The molecule has 0 saturated heterocycles. The van der Waals surface area contributed by atoms with E-state index in [9.17, 15) is 18.4 Å². The monoisotopic (exact) mass is 371 g/mol. The molecule has 3 rings (SSSR count). The molecule has 6 nitrogen and oxygen atoms in total. The normalized spacial score (nSPS) is 10.4. The van der Waals surface area contributed by atoms with Gasteiger partial charge in [-0.2, -0.15) is 0 Å². The fourth-order valence-corrected chi connectivity index (χ4v) is 2.31. The van der Waals surface area contributed by atoms with Crippen molar-refractivity contribution >= 4 is 11.8 Å². The van der Waals surface area contributed by atoms with Crippen molar-refractivity contribution in [2.24, 2.45) is 0 Å². The van der Waals surface area contributed by atoms with Gasteiger partial charge in [0.05, 0.1) is 11.8 Å². The van der Waals surface area contributed by atoms with E-state index in [2.05, 4.69) is 15.8 Å². The number of carbonyl (C=O) groups excluding carboxylic acids is 2. The Balaban J connectivity index is 1.51. The molecule has 0 spiro atoms. The van der Waals surface area contributed by atoms with Gasteiger partial charge in [-0.15, -0.1) is 0 Å². The third-order valence-corrected chi connectivity index (χ3v) is 3.67. The molecule has 27 heavy (non-hydrogen) atoms. The first kappa shape index (κ1) is 18.2. The number of aryl methyl sites for hydroxylation is 1. The van der Waals surface area contributed by atoms with Gasteiger partial charge in [0.25, 0.3) is 5.91 Å². The van der Waals surface area contributed by atoms with Crippen LogP contribution in [-0.2, 0) is 11.2 Å². The molecular weight excluding hydrogens is 356 g/mol. The third-order valence-electron chi connectivity index (χ3n) is 3.67. The molecule has 0 bridgehead atoms. The van der Waals surface area contributed by atoms with E-state index in [1.807, 2.05) is 0 Å². The number of benzene rings is 2. The SMILES string of the molecule is O=C(CCc1ncc(-c2ccc(F)cc2F)o1)NNC(=O)c1ccccc1. The number of nitrogens with one attached hydrogen (secondary N) is 2. The van der Waals surface area contributed by atoms with Crippen molar-refractivity contribution < 1.29 is 22.8 Å². The minimum absolute atomic E-state index is 0.000916. The lowest BCUT2D eigenvalue weighted by Gasteiger charge is -2.06. The number of oxazole rings is 1. The van der Waals surface area contributed by atoms with Gasteiger partial charge in [-0.05, 0) is 24.3 Å². The highest BCUT2D eigenvalue weighted by atomic mass is 19.1. The first-order valence-electron chi connectivity index (χ1n) is 8.07. The zero-order valence-electron chi connectivity index (χ0n) is 14.0. The average Bonchev–Trinajstić information content (AvgIpc) is 3.14. The van der Waals surface area contributed by atoms with Crippen LogP contribution in [0.15, 0.2) is 59.1 Å². The Bertz CT molecular complexity index is 958. The summed E-state index contributed by atoms with van der Waals surface area (Å²) in [5.41, 5.74) is 5.09. The van der Waals surface area contributed by atoms with Gasteiger partial charge < -0.3 is 4.42 Å². The summed E-state index contributed by atoms with van der Waals surface area (Å²) >= 11 is 0. The van der Waals surface area contributed by atoms with E-state index in [0.29, 0.717) is 5.56 Å². The number of hydrazine groups is 1. The summed E-state index contributed by atoms with van der Waals surface area (Å²) in [5.74, 6) is -1.97. The van der Waals surface area contributed by atoms with Gasteiger partial charge in [-0.3, -0.25) is 20.4 Å². The number of amides is 2. The van der Waals surface area contributed by atoms with Crippen molar-refractivity contribution in [3.8, 4) is 11.3 Å². The molecule has 0 aliphatic heterocycles. The molecule has 1 aromatic heterocycles. The van der Waals surface area contributed by atoms with E-state index in [1.165, 1.54) is 12.3 Å². The third kappa shape index (κ3) is 4.75. The number of carbonyl (C=O) groups is 2. The number of hydrogen-bond acceptors (Lipinski definition) is 4. The number of rotatable bonds is 5. The summed E-state index contributed by atoms with van der Waals surface area (Å²) in [6.45, 7) is 0. The van der Waals surface area contributed by atoms with Crippen LogP contribution in [0, 0.1) is 11.6 Å². The minimum atomic E-state index is -0.765. The van der Waals surface area contributed by atoms with E-state index >= 15 is 0 Å². The fourth-order valence-electron chi connectivity index (χ4n) is 2.31. The summed E-state index contributed by atoms with van der Waals surface area (Å²) < 4.78 is 32.1. The van der Waals surface area contributed by atoms with Crippen LogP contribution >= 0.6 is 0 Å². The minimum Gasteiger partial charge on any atom is -0.441 e. The molecule has 1 heterocycles. The Kier molecular flexibility index (Phi) is 5.55. The van der Waals surface area contributed by atoms with E-state index in [1.54, 1.807) is 30.3 Å². The van der Waals surface area contributed by atoms with Crippen LogP contribution in [0.5, 0.6) is 0 Å². The maximum absolute atomic E-state index is 13.7. The van der Waals surface area contributed by atoms with Gasteiger partial charge in [0.15, 0.2) is 11.7 Å². The van der Waals surface area contributed by atoms with Gasteiger partial charge >= 0.3 is 0 Å². The predicted molar refractivity (Wildman–Crippen MR) is 92.2 cm³/mol. The highest BCUT2D eigenvalue weighted by Crippen LogP contribution is 2.24. The van der Waals surface area contributed by atoms with Gasteiger partial charge in [-0.1, -0.05) is 18.2 Å². The molecule has 0 unspecified atom stereocenters. The van der Waals surface area contributed by atoms with Crippen LogP contribution in [0.2, 0.25) is 0 Å². The molecule has 0 atom stereocenters. The quantitative estimate of drug-likeness (QED) is 0.676. The van der Waals surface area contributed by atoms with Gasteiger partial charge in [0.2, 0.25) is 5.91 Å². The summed E-state index contributed by atoms with van der Waals surface area (Å²) in [5, 5.41) is 0. The highest BCUT2D eigenvalue weighted by molar-refractivity contribution is 5.95. The van der Waals surface area contributed by atoms with Gasteiger partial charge in [-0.25, -0.2) is 13.8 Å². The Morgan fingerprint density at radius 3 is 2.56 bits per heavy atom. The van der Waals surface area contributed by atoms with E-state index in [0.717, 1.165) is 12.1 Å². The van der Waals surface area contributed by atoms with Crippen LogP contribution in [-0.4, -0.2) is 16.8 Å². The van der Waals surface area contributed by atoms with Crippen LogP contribution in [0.1, 0.15) is 22.7 Å². The molecule has 138 valence electrons. The first-order chi connectivity index (χ1) is 13.0. The molecule has 8 heteroatoms. The van der Waals surface area contributed by atoms with Crippen LogP contribution in [0.4, 0.5) is 8.78 Å². The maximum Gasteiger partial charge on any atom is 0.269 e. The molecule has 0 aliphatic rings. The second-order valence-electron chi connectivity index (χ2n) is 5.61. The molecule has 2 aromatic carbocycles. The molecule has 3 aromatic rings. The smallest absolute Gasteiger partial charge is 0.269 e. The molecule has 0 radical (unpaired) electrons. The van der Waals surface area contributed by atoms with Crippen molar-refractivity contribution in [1.82, 2.24) is 15.8 Å². The second kappa shape index (κ2) is 8.22. The largest absolute Gasteiger partial charge is 0.441 e. The molecule has 0 saturated carbocycles. The first-order valence-corrected chi connectivity index (χ1v) is 8.07. The van der Waals surface area contributed by atoms with Crippen molar-refractivity contribution in [1.29, 1.82) is 0 Å². The fraction of sp³-hybridized carbons (Fsp3) is 0.105. The van der Waals surface area contributed by atoms with Crippen LogP contribution in [0.25, 0.3) is 11.3 Å². The molecule has 2 N–H and O–H groups in total. The van der Waals surface area contributed by atoms with Crippen molar-refractivity contribution in [2.45, 2.75) is 12.8 Å². The Hall–Kier alpha value is -3.55. The molecule has 0 aliphatic carbocycles. The number of hydrogen-bond donors (Lipinski definition) is 2. The lowest BCUT2D eigenvalue weighted by Crippen LogP contribution is -2.41. The van der Waals surface area contributed by atoms with E-state index in [-0.39, 0.29) is 30.1 Å². The Morgan fingerprint density at radius 2 is 1.81 bits per heavy atom. The average molecular weight is 371 g/mol. The van der Waals surface area contributed by atoms with E-state index in [4.69, 9.17) is 4.42 Å². The van der Waals surface area contributed by atoms with Crippen LogP contribution in [0.3, 0.4) is 0 Å². The summed E-state index contributed by atoms with van der Waals surface area (Å²) in [6.07, 6.45) is 1.46. The topological polar surface area (TPSA) is 84.2 Å². The standard InChI is InChI=1S/C19H15F2N3O3/c20-13-6-7-14(15(21)10-13)16-11-22-18(27-16)9-8-17(25)23-24-19(26)12-4-2-1-3-5-12/h1-7,10-11H,8-9H2,(H,23,25)(H,24,26). The summed E-state index contributed by atoms with van der Waals surface area (Å²) in [7, 11) is 0. The predicted octanol–water partition coefficient (Wildman–Crippen LogP) is 3.01. The summed E-state index contributed by atoms with van der Waals surface area (Å²) in [6, 6.07) is 11.5. The second-order valence-corrected chi connectivity index (χ2v) is 5.61. The van der Waals surface area contributed by atoms with Crippen molar-refractivity contribution in [2.75, 3.05) is 0 Å². The summed E-state index contributed by atoms with van der Waals surface area (Å²) in [4.78, 5) is 27.6. The lowest BCUT2D eigenvalue weighted by molar-refractivity contribution is -0.121. The zero-order chi connectivity index (χ0) is 19.2. The van der Waals surface area contributed by atoms with Gasteiger partial charge in [0.1, 0.15) is 11.6 Å². The van der Waals surface area contributed by atoms with Gasteiger partial charge in [0, 0.05) is 24.5 Å². The highest BCUT2D eigenvalue weighted by Gasteiger charge is 2.13. The maximum atomic E-state index is 13.7. The number of nitrogens with zero attached hydrogens (tertiary/aromatic N) is 1. The number of halogens is 2. The number of aromatic nitrogens is 1. The van der Waals surface area contributed by atoms with Crippen molar-refractivity contribution in [3.63, 3.8) is 0 Å². The lowest BCUT2D eigenvalue weighted by atomic mass is 10.2. The zero-order valence-corrected chi connectivity index (χ0v) is 14.0. The molecule has 0 fully saturated rings. The van der Waals surface area contributed by atoms with Crippen LogP contribution < -0.4 is 10.9 Å². The Morgan fingerprint density at radius 1 is 1.04 bits per heavy atom. The van der Waals surface area contributed by atoms with E-state index < -0.39 is 23.4 Å². The van der Waals surface area contributed by atoms with Crippen molar-refractivity contribution in [3.05, 3.63) is 77.8 Å². The Labute approximate surface area is 153 Å². The molecule has 2 amide bonds.